The molecule has 0 aromatic heterocycles. The van der Waals surface area contributed by atoms with Crippen LogP contribution < -0.4 is 15.6 Å². The second-order valence-corrected chi connectivity index (χ2v) is 4.31. The van der Waals surface area contributed by atoms with E-state index in [1.807, 2.05) is 45.2 Å². The summed E-state index contributed by atoms with van der Waals surface area (Å²) in [6.45, 7) is 2.84. The monoisotopic (exact) mass is 252 g/mol. The van der Waals surface area contributed by atoms with Gasteiger partial charge < -0.3 is 15.6 Å². The molecule has 1 aromatic carbocycles. The number of hydrazine groups is 1. The summed E-state index contributed by atoms with van der Waals surface area (Å²) in [6.07, 6.45) is 0. The third kappa shape index (κ3) is 4.20. The standard InChI is InChI=1S/C12H20N4S/c1-5-13-12(17)14-10-6-8-11(9-7-10)16(4)15(2)3/h6-9H,5H2,1-4H3,(H2,13,14,17). The number of anilines is 2. The highest BCUT2D eigenvalue weighted by Crippen LogP contribution is 2.17. The lowest BCUT2D eigenvalue weighted by Gasteiger charge is -2.26. The van der Waals surface area contributed by atoms with Gasteiger partial charge in [-0.15, -0.1) is 0 Å². The van der Waals surface area contributed by atoms with Gasteiger partial charge in [0.2, 0.25) is 0 Å². The van der Waals surface area contributed by atoms with E-state index in [4.69, 9.17) is 12.2 Å². The van der Waals surface area contributed by atoms with Gasteiger partial charge in [-0.1, -0.05) is 0 Å². The van der Waals surface area contributed by atoms with Crippen molar-refractivity contribution in [2.45, 2.75) is 6.92 Å². The Morgan fingerprint density at radius 2 is 1.76 bits per heavy atom. The first-order chi connectivity index (χ1) is 8.04. The van der Waals surface area contributed by atoms with Crippen molar-refractivity contribution < 1.29 is 0 Å². The molecule has 0 unspecified atom stereocenters. The van der Waals surface area contributed by atoms with Crippen molar-refractivity contribution in [2.24, 2.45) is 0 Å². The Morgan fingerprint density at radius 1 is 1.18 bits per heavy atom. The molecule has 94 valence electrons. The minimum Gasteiger partial charge on any atom is -0.363 e. The van der Waals surface area contributed by atoms with Gasteiger partial charge in [-0.05, 0) is 43.4 Å². The molecule has 2 N–H and O–H groups in total. The van der Waals surface area contributed by atoms with Gasteiger partial charge in [0.1, 0.15) is 0 Å². The van der Waals surface area contributed by atoms with Crippen LogP contribution in [0.15, 0.2) is 24.3 Å². The lowest BCUT2D eigenvalue weighted by Crippen LogP contribution is -2.32. The predicted octanol–water partition coefficient (Wildman–Crippen LogP) is 1.91. The average Bonchev–Trinajstić information content (AvgIpc) is 2.29. The van der Waals surface area contributed by atoms with E-state index in [2.05, 4.69) is 27.8 Å². The molecule has 0 fully saturated rings. The molecule has 0 heterocycles. The van der Waals surface area contributed by atoms with Gasteiger partial charge in [-0.3, -0.25) is 0 Å². The summed E-state index contributed by atoms with van der Waals surface area (Å²) < 4.78 is 0. The Bertz CT molecular complexity index is 361. The van der Waals surface area contributed by atoms with Crippen LogP contribution in [0.1, 0.15) is 6.92 Å². The van der Waals surface area contributed by atoms with Gasteiger partial charge in [0, 0.05) is 33.4 Å². The Hall–Kier alpha value is -1.33. The zero-order valence-corrected chi connectivity index (χ0v) is 11.6. The quantitative estimate of drug-likeness (QED) is 0.631. The van der Waals surface area contributed by atoms with Crippen molar-refractivity contribution in [1.29, 1.82) is 0 Å². The summed E-state index contributed by atoms with van der Waals surface area (Å²) >= 11 is 5.12. The fourth-order valence-electron chi connectivity index (χ4n) is 1.33. The average molecular weight is 252 g/mol. The number of thiocarbonyl (C=S) groups is 1. The number of rotatable bonds is 4. The number of nitrogens with zero attached hydrogens (tertiary/aromatic N) is 2. The van der Waals surface area contributed by atoms with E-state index in [0.717, 1.165) is 17.9 Å². The molecule has 5 heteroatoms. The van der Waals surface area contributed by atoms with Gasteiger partial charge in [0.05, 0.1) is 5.69 Å². The molecule has 0 aliphatic rings. The Kier molecular flexibility index (Phi) is 5.18. The van der Waals surface area contributed by atoms with Crippen LogP contribution in [0.2, 0.25) is 0 Å². The van der Waals surface area contributed by atoms with E-state index >= 15 is 0 Å². The van der Waals surface area contributed by atoms with Gasteiger partial charge in [0.15, 0.2) is 5.11 Å². The number of benzene rings is 1. The highest BCUT2D eigenvalue weighted by atomic mass is 32.1. The van der Waals surface area contributed by atoms with Crippen molar-refractivity contribution >= 4 is 28.7 Å². The molecule has 4 nitrogen and oxygen atoms in total. The lowest BCUT2D eigenvalue weighted by atomic mass is 10.3. The minimum absolute atomic E-state index is 0.654. The maximum Gasteiger partial charge on any atom is 0.170 e. The molecule has 0 atom stereocenters. The fourth-order valence-corrected chi connectivity index (χ4v) is 1.59. The van der Waals surface area contributed by atoms with E-state index in [1.165, 1.54) is 0 Å². The largest absolute Gasteiger partial charge is 0.363 e. The van der Waals surface area contributed by atoms with E-state index in [0.29, 0.717) is 5.11 Å². The normalized spacial score (nSPS) is 10.2. The number of nitrogens with one attached hydrogen (secondary N) is 2. The SMILES string of the molecule is CCNC(=S)Nc1ccc(N(C)N(C)C)cc1. The first kappa shape index (κ1) is 13.7. The Labute approximate surface area is 109 Å². The molecule has 1 aromatic rings. The predicted molar refractivity (Wildman–Crippen MR) is 78.4 cm³/mol. The van der Waals surface area contributed by atoms with Crippen LogP contribution in [0, 0.1) is 0 Å². The minimum atomic E-state index is 0.654. The van der Waals surface area contributed by atoms with Crippen LogP contribution in [0.4, 0.5) is 11.4 Å². The summed E-state index contributed by atoms with van der Waals surface area (Å²) in [5.41, 5.74) is 2.13. The van der Waals surface area contributed by atoms with Gasteiger partial charge >= 0.3 is 0 Å². The molecular formula is C12H20N4S. The second-order valence-electron chi connectivity index (χ2n) is 3.90. The van der Waals surface area contributed by atoms with E-state index in [9.17, 15) is 0 Å². The Morgan fingerprint density at radius 3 is 2.24 bits per heavy atom. The molecule has 0 saturated heterocycles. The molecule has 0 aliphatic carbocycles. The number of hydrogen-bond donors (Lipinski definition) is 2. The molecule has 0 amide bonds. The van der Waals surface area contributed by atoms with Crippen LogP contribution in [0.25, 0.3) is 0 Å². The smallest absolute Gasteiger partial charge is 0.170 e. The van der Waals surface area contributed by atoms with Gasteiger partial charge in [0.25, 0.3) is 0 Å². The van der Waals surface area contributed by atoms with Gasteiger partial charge in [-0.25, -0.2) is 5.01 Å². The summed E-state index contributed by atoms with van der Waals surface area (Å²) in [5, 5.41) is 10.9. The molecular weight excluding hydrogens is 232 g/mol. The topological polar surface area (TPSA) is 30.5 Å². The molecule has 0 bridgehead atoms. The zero-order chi connectivity index (χ0) is 12.8. The Balaban J connectivity index is 2.65. The van der Waals surface area contributed by atoms with E-state index in [1.54, 1.807) is 0 Å². The maximum absolute atomic E-state index is 5.12. The summed E-state index contributed by atoms with van der Waals surface area (Å²) in [7, 11) is 6.03. The second kappa shape index (κ2) is 6.42. The molecule has 0 radical (unpaired) electrons. The van der Waals surface area contributed by atoms with Crippen molar-refractivity contribution in [3.05, 3.63) is 24.3 Å². The summed E-state index contributed by atoms with van der Waals surface area (Å²) in [6, 6.07) is 8.13. The van der Waals surface area contributed by atoms with Crippen molar-refractivity contribution in [2.75, 3.05) is 38.0 Å². The first-order valence-electron chi connectivity index (χ1n) is 5.60. The lowest BCUT2D eigenvalue weighted by molar-refractivity contribution is 0.397. The van der Waals surface area contributed by atoms with E-state index in [-0.39, 0.29) is 0 Å². The first-order valence-corrected chi connectivity index (χ1v) is 6.01. The van der Waals surface area contributed by atoms with Gasteiger partial charge in [-0.2, -0.15) is 0 Å². The van der Waals surface area contributed by atoms with E-state index < -0.39 is 0 Å². The van der Waals surface area contributed by atoms with Crippen LogP contribution in [0.5, 0.6) is 0 Å². The van der Waals surface area contributed by atoms with Crippen LogP contribution >= 0.6 is 12.2 Å². The third-order valence-electron chi connectivity index (χ3n) is 2.44. The highest BCUT2D eigenvalue weighted by Gasteiger charge is 2.02. The molecule has 0 aliphatic heterocycles. The molecule has 0 spiro atoms. The molecule has 0 saturated carbocycles. The maximum atomic E-state index is 5.12. The fraction of sp³-hybridized carbons (Fsp3) is 0.417. The van der Waals surface area contributed by atoms with Crippen molar-refractivity contribution in [3.63, 3.8) is 0 Å². The van der Waals surface area contributed by atoms with Crippen molar-refractivity contribution in [1.82, 2.24) is 10.3 Å². The van der Waals surface area contributed by atoms with Crippen LogP contribution in [0.3, 0.4) is 0 Å². The van der Waals surface area contributed by atoms with Crippen molar-refractivity contribution in [3.8, 4) is 0 Å². The number of hydrogen-bond acceptors (Lipinski definition) is 3. The molecule has 1 rings (SSSR count). The summed E-state index contributed by atoms with van der Waals surface area (Å²) in [5.74, 6) is 0. The van der Waals surface area contributed by atoms with Crippen LogP contribution in [-0.4, -0.2) is 37.8 Å². The van der Waals surface area contributed by atoms with Crippen LogP contribution in [-0.2, 0) is 0 Å². The summed E-state index contributed by atoms with van der Waals surface area (Å²) in [4.78, 5) is 0. The molecule has 17 heavy (non-hydrogen) atoms. The third-order valence-corrected chi connectivity index (χ3v) is 2.68. The highest BCUT2D eigenvalue weighted by molar-refractivity contribution is 7.80. The zero-order valence-electron chi connectivity index (χ0n) is 10.8.